The molecule has 0 aliphatic carbocycles. The first-order valence-corrected chi connectivity index (χ1v) is 5.67. The Kier molecular flexibility index (Phi) is 2.84. The summed E-state index contributed by atoms with van der Waals surface area (Å²) < 4.78 is 1.71. The van der Waals surface area contributed by atoms with Crippen LogP contribution in [0.3, 0.4) is 0 Å². The van der Waals surface area contributed by atoms with Crippen LogP contribution >= 0.6 is 0 Å². The van der Waals surface area contributed by atoms with E-state index in [0.29, 0.717) is 6.54 Å². The van der Waals surface area contributed by atoms with E-state index in [9.17, 15) is 9.59 Å². The number of imide groups is 1. The lowest BCUT2D eigenvalue weighted by atomic mass is 10.1. The van der Waals surface area contributed by atoms with E-state index in [1.54, 1.807) is 10.8 Å². The van der Waals surface area contributed by atoms with Crippen molar-refractivity contribution in [2.24, 2.45) is 5.92 Å². The molecular weight excluding hydrogens is 192 g/mol. The average molecular weight is 209 g/mol. The van der Waals surface area contributed by atoms with Gasteiger partial charge in [-0.2, -0.15) is 9.69 Å². The zero-order valence-corrected chi connectivity index (χ0v) is 9.11. The van der Waals surface area contributed by atoms with E-state index in [1.807, 2.05) is 6.92 Å². The zero-order valence-electron chi connectivity index (χ0n) is 9.11. The molecular formula is C11H17N2O2+. The van der Waals surface area contributed by atoms with Gasteiger partial charge in [0.15, 0.2) is 0 Å². The number of urea groups is 1. The van der Waals surface area contributed by atoms with Crippen molar-refractivity contribution in [3.8, 4) is 0 Å². The van der Waals surface area contributed by atoms with Crippen LogP contribution in [0.5, 0.6) is 0 Å². The summed E-state index contributed by atoms with van der Waals surface area (Å²) >= 11 is 0. The van der Waals surface area contributed by atoms with Gasteiger partial charge in [0.2, 0.25) is 0 Å². The van der Waals surface area contributed by atoms with Crippen LogP contribution in [0, 0.1) is 5.92 Å². The molecule has 4 heteroatoms. The van der Waals surface area contributed by atoms with Gasteiger partial charge in [0.25, 0.3) is 0 Å². The summed E-state index contributed by atoms with van der Waals surface area (Å²) in [5, 5.41) is 0. The Labute approximate surface area is 89.6 Å². The van der Waals surface area contributed by atoms with Gasteiger partial charge in [-0.25, -0.2) is 9.37 Å². The highest BCUT2D eigenvalue weighted by atomic mass is 16.2. The van der Waals surface area contributed by atoms with Crippen LogP contribution in [0.25, 0.3) is 0 Å². The standard InChI is InChI=1S/C11H17N2O2/c1-9-8-12-6-4-2-3-5-7-13(10(9)14)11(12)15/h8-9H,2-7H2,1H3/q+1. The fourth-order valence-corrected chi connectivity index (χ4v) is 2.17. The van der Waals surface area contributed by atoms with E-state index in [4.69, 9.17) is 0 Å². The summed E-state index contributed by atoms with van der Waals surface area (Å²) in [6, 6.07) is -0.125. The summed E-state index contributed by atoms with van der Waals surface area (Å²) in [6.45, 7) is 3.20. The van der Waals surface area contributed by atoms with Crippen molar-refractivity contribution >= 4 is 18.2 Å². The number of fused-ring (bicyclic) bond motifs is 2. The molecule has 1 unspecified atom stereocenters. The van der Waals surface area contributed by atoms with E-state index in [2.05, 4.69) is 0 Å². The van der Waals surface area contributed by atoms with Crippen molar-refractivity contribution in [1.82, 2.24) is 4.90 Å². The topological polar surface area (TPSA) is 40.4 Å². The summed E-state index contributed by atoms with van der Waals surface area (Å²) in [4.78, 5) is 25.1. The van der Waals surface area contributed by atoms with Crippen molar-refractivity contribution in [3.63, 3.8) is 0 Å². The molecule has 0 aromatic rings. The van der Waals surface area contributed by atoms with E-state index >= 15 is 0 Å². The molecule has 4 nitrogen and oxygen atoms in total. The molecule has 3 amide bonds. The Hall–Kier alpha value is -1.19. The molecule has 2 bridgehead atoms. The van der Waals surface area contributed by atoms with Gasteiger partial charge in [-0.05, 0) is 32.6 Å². The number of amides is 3. The molecule has 15 heavy (non-hydrogen) atoms. The lowest BCUT2D eigenvalue weighted by molar-refractivity contribution is -0.436. The van der Waals surface area contributed by atoms with E-state index < -0.39 is 0 Å². The van der Waals surface area contributed by atoms with Crippen LogP contribution in [0.4, 0.5) is 4.79 Å². The van der Waals surface area contributed by atoms with Crippen LogP contribution in [-0.2, 0) is 4.79 Å². The predicted octanol–water partition coefficient (Wildman–Crippen LogP) is 1.24. The third kappa shape index (κ3) is 1.94. The third-order valence-electron chi connectivity index (χ3n) is 3.07. The second-order valence-corrected chi connectivity index (χ2v) is 4.32. The number of hydrogen-bond donors (Lipinski definition) is 0. The number of carbonyl (C=O) groups excluding carboxylic acids is 2. The SMILES string of the molecule is CC1C=[N+]2CCCCCCN(C1=O)C2=O. The Morgan fingerprint density at radius 3 is 2.80 bits per heavy atom. The largest absolute Gasteiger partial charge is 0.500 e. The predicted molar refractivity (Wildman–Crippen MR) is 55.9 cm³/mol. The average Bonchev–Trinajstić information content (AvgIpc) is 2.27. The molecule has 1 atom stereocenters. The Morgan fingerprint density at radius 2 is 2.00 bits per heavy atom. The molecule has 1 fully saturated rings. The van der Waals surface area contributed by atoms with Gasteiger partial charge in [0.05, 0.1) is 19.3 Å². The summed E-state index contributed by atoms with van der Waals surface area (Å²) in [7, 11) is 0. The molecule has 1 saturated heterocycles. The van der Waals surface area contributed by atoms with Gasteiger partial charge in [-0.1, -0.05) is 0 Å². The maximum atomic E-state index is 11.9. The third-order valence-corrected chi connectivity index (χ3v) is 3.07. The van der Waals surface area contributed by atoms with Crippen LogP contribution in [-0.4, -0.2) is 40.7 Å². The Balaban J connectivity index is 2.29. The second-order valence-electron chi connectivity index (χ2n) is 4.32. The monoisotopic (exact) mass is 209 g/mol. The molecule has 2 rings (SSSR count). The van der Waals surface area contributed by atoms with E-state index in [1.165, 1.54) is 4.90 Å². The normalized spacial score (nSPS) is 27.9. The van der Waals surface area contributed by atoms with Gasteiger partial charge in [0, 0.05) is 0 Å². The van der Waals surface area contributed by atoms with Gasteiger partial charge in [0.1, 0.15) is 5.92 Å². The van der Waals surface area contributed by atoms with Crippen molar-refractivity contribution in [2.45, 2.75) is 32.6 Å². The quantitative estimate of drug-likeness (QED) is 0.563. The van der Waals surface area contributed by atoms with Gasteiger partial charge in [-0.15, -0.1) is 0 Å². The van der Waals surface area contributed by atoms with Crippen molar-refractivity contribution < 1.29 is 14.2 Å². The number of carbonyl (C=O) groups is 2. The molecule has 0 radical (unpaired) electrons. The molecule has 2 heterocycles. The van der Waals surface area contributed by atoms with E-state index in [-0.39, 0.29) is 17.9 Å². The fraction of sp³-hybridized carbons (Fsp3) is 0.727. The summed E-state index contributed by atoms with van der Waals surface area (Å²) in [5.74, 6) is -0.195. The van der Waals surface area contributed by atoms with Crippen LogP contribution < -0.4 is 0 Å². The number of rotatable bonds is 0. The molecule has 0 aromatic heterocycles. The molecule has 2 aliphatic heterocycles. The maximum absolute atomic E-state index is 11.9. The highest BCUT2D eigenvalue weighted by Crippen LogP contribution is 2.14. The van der Waals surface area contributed by atoms with Crippen molar-refractivity contribution in [1.29, 1.82) is 0 Å². The second kappa shape index (κ2) is 4.13. The highest BCUT2D eigenvalue weighted by molar-refractivity contribution is 6.03. The van der Waals surface area contributed by atoms with Crippen LogP contribution in [0.1, 0.15) is 32.6 Å². The minimum absolute atomic E-state index is 0.0434. The van der Waals surface area contributed by atoms with Crippen molar-refractivity contribution in [3.05, 3.63) is 0 Å². The first-order chi connectivity index (χ1) is 7.20. The maximum Gasteiger partial charge on any atom is 0.500 e. The fourth-order valence-electron chi connectivity index (χ4n) is 2.17. The minimum atomic E-state index is -0.152. The number of nitrogens with zero attached hydrogens (tertiary/aromatic N) is 2. The van der Waals surface area contributed by atoms with Gasteiger partial charge < -0.3 is 0 Å². The first kappa shape index (κ1) is 10.3. The molecule has 0 saturated carbocycles. The summed E-state index contributed by atoms with van der Waals surface area (Å²) in [6.07, 6.45) is 6.01. The summed E-state index contributed by atoms with van der Waals surface area (Å²) in [5.41, 5.74) is 0. The van der Waals surface area contributed by atoms with E-state index in [0.717, 1.165) is 32.2 Å². The van der Waals surface area contributed by atoms with Crippen LogP contribution in [0.15, 0.2) is 0 Å². The molecule has 0 N–H and O–H groups in total. The number of hydrogen-bond acceptors (Lipinski definition) is 2. The molecule has 0 aromatic carbocycles. The minimum Gasteiger partial charge on any atom is -0.246 e. The van der Waals surface area contributed by atoms with Gasteiger partial charge in [-0.3, -0.25) is 0 Å². The van der Waals surface area contributed by atoms with Crippen molar-refractivity contribution in [2.75, 3.05) is 13.1 Å². The Bertz CT molecular complexity index is 323. The lowest BCUT2D eigenvalue weighted by Gasteiger charge is -2.20. The lowest BCUT2D eigenvalue weighted by Crippen LogP contribution is -2.50. The van der Waals surface area contributed by atoms with Crippen LogP contribution in [0.2, 0.25) is 0 Å². The molecule has 2 aliphatic rings. The van der Waals surface area contributed by atoms with Gasteiger partial charge >= 0.3 is 11.9 Å². The first-order valence-electron chi connectivity index (χ1n) is 5.67. The Morgan fingerprint density at radius 1 is 1.27 bits per heavy atom. The zero-order chi connectivity index (χ0) is 10.8. The smallest absolute Gasteiger partial charge is 0.246 e. The molecule has 82 valence electrons. The molecule has 0 spiro atoms. The highest BCUT2D eigenvalue weighted by Gasteiger charge is 2.40.